The first kappa shape index (κ1) is 12.9. The standard InChI is InChI=1S/C19H20N/c1-13-5-8-17-15(3)18(9-7-16(17)11-13)19-10-6-14(2)12-20(19)4/h5-12H,1-4H3/q+1. The van der Waals surface area contributed by atoms with Crippen LogP contribution >= 0.6 is 0 Å². The maximum atomic E-state index is 2.25. The second kappa shape index (κ2) is 4.75. The Morgan fingerprint density at radius 2 is 1.55 bits per heavy atom. The van der Waals surface area contributed by atoms with Crippen LogP contribution in [0.25, 0.3) is 22.0 Å². The highest BCUT2D eigenvalue weighted by Crippen LogP contribution is 2.28. The minimum absolute atomic E-state index is 1.26. The first-order valence-electron chi connectivity index (χ1n) is 7.03. The summed E-state index contributed by atoms with van der Waals surface area (Å²) in [6.45, 7) is 6.48. The highest BCUT2D eigenvalue weighted by Gasteiger charge is 2.13. The second-order valence-corrected chi connectivity index (χ2v) is 5.67. The van der Waals surface area contributed by atoms with E-state index < -0.39 is 0 Å². The fraction of sp³-hybridized carbons (Fsp3) is 0.211. The molecule has 0 aliphatic rings. The summed E-state index contributed by atoms with van der Waals surface area (Å²) in [5.74, 6) is 0. The number of fused-ring (bicyclic) bond motifs is 1. The van der Waals surface area contributed by atoms with E-state index in [2.05, 4.69) is 81.0 Å². The van der Waals surface area contributed by atoms with E-state index in [4.69, 9.17) is 0 Å². The summed E-state index contributed by atoms with van der Waals surface area (Å²) in [4.78, 5) is 0. The van der Waals surface area contributed by atoms with Gasteiger partial charge in [0, 0.05) is 17.2 Å². The zero-order chi connectivity index (χ0) is 14.3. The van der Waals surface area contributed by atoms with E-state index in [0.717, 1.165) is 0 Å². The van der Waals surface area contributed by atoms with E-state index in [1.807, 2.05) is 0 Å². The number of pyridine rings is 1. The molecule has 0 unspecified atom stereocenters. The molecule has 0 N–H and O–H groups in total. The third kappa shape index (κ3) is 2.09. The Morgan fingerprint density at radius 3 is 2.30 bits per heavy atom. The Labute approximate surface area is 120 Å². The summed E-state index contributed by atoms with van der Waals surface area (Å²) < 4.78 is 2.21. The lowest BCUT2D eigenvalue weighted by atomic mass is 9.96. The molecule has 2 aromatic carbocycles. The van der Waals surface area contributed by atoms with E-state index in [9.17, 15) is 0 Å². The van der Waals surface area contributed by atoms with E-state index in [1.54, 1.807) is 0 Å². The van der Waals surface area contributed by atoms with Crippen LogP contribution < -0.4 is 4.57 Å². The van der Waals surface area contributed by atoms with Gasteiger partial charge >= 0.3 is 0 Å². The van der Waals surface area contributed by atoms with E-state index in [0.29, 0.717) is 0 Å². The molecule has 1 nitrogen and oxygen atoms in total. The Morgan fingerprint density at radius 1 is 0.800 bits per heavy atom. The van der Waals surface area contributed by atoms with E-state index in [1.165, 1.54) is 38.7 Å². The van der Waals surface area contributed by atoms with Crippen LogP contribution in [0.1, 0.15) is 16.7 Å². The van der Waals surface area contributed by atoms with Gasteiger partial charge in [0.05, 0.1) is 0 Å². The molecule has 1 heterocycles. The molecule has 0 atom stereocenters. The van der Waals surface area contributed by atoms with Crippen LogP contribution in [-0.4, -0.2) is 0 Å². The summed E-state index contributed by atoms with van der Waals surface area (Å²) in [7, 11) is 2.11. The van der Waals surface area contributed by atoms with Gasteiger partial charge in [0.25, 0.3) is 0 Å². The Hall–Kier alpha value is -2.15. The van der Waals surface area contributed by atoms with Gasteiger partial charge in [-0.2, -0.15) is 0 Å². The van der Waals surface area contributed by atoms with Crippen molar-refractivity contribution in [3.8, 4) is 11.3 Å². The molecule has 100 valence electrons. The van der Waals surface area contributed by atoms with Crippen LogP contribution in [0, 0.1) is 20.8 Å². The van der Waals surface area contributed by atoms with Crippen LogP contribution in [0.2, 0.25) is 0 Å². The van der Waals surface area contributed by atoms with Crippen molar-refractivity contribution in [1.29, 1.82) is 0 Å². The predicted octanol–water partition coefficient (Wildman–Crippen LogP) is 4.26. The van der Waals surface area contributed by atoms with Crippen molar-refractivity contribution in [2.24, 2.45) is 7.05 Å². The molecule has 0 spiro atoms. The normalized spacial score (nSPS) is 11.0. The number of aromatic nitrogens is 1. The summed E-state index contributed by atoms with van der Waals surface area (Å²) in [5, 5.41) is 2.66. The van der Waals surface area contributed by atoms with Crippen molar-refractivity contribution in [2.75, 3.05) is 0 Å². The summed E-state index contributed by atoms with van der Waals surface area (Å²) in [6, 6.07) is 15.5. The molecule has 1 heteroatoms. The zero-order valence-corrected chi connectivity index (χ0v) is 12.6. The fourth-order valence-corrected chi connectivity index (χ4v) is 2.91. The van der Waals surface area contributed by atoms with Crippen LogP contribution in [-0.2, 0) is 7.05 Å². The first-order chi connectivity index (χ1) is 9.56. The number of nitrogens with zero attached hydrogens (tertiary/aromatic N) is 1. The largest absolute Gasteiger partial charge is 0.212 e. The molecule has 0 saturated heterocycles. The van der Waals surface area contributed by atoms with E-state index in [-0.39, 0.29) is 0 Å². The van der Waals surface area contributed by atoms with Gasteiger partial charge in [-0.15, -0.1) is 0 Å². The third-order valence-electron chi connectivity index (χ3n) is 4.00. The maximum Gasteiger partial charge on any atom is 0.212 e. The minimum atomic E-state index is 1.26. The molecule has 0 fully saturated rings. The van der Waals surface area contributed by atoms with Gasteiger partial charge in [-0.3, -0.25) is 0 Å². The van der Waals surface area contributed by atoms with Crippen molar-refractivity contribution in [2.45, 2.75) is 20.8 Å². The van der Waals surface area contributed by atoms with Crippen LogP contribution in [0.5, 0.6) is 0 Å². The maximum absolute atomic E-state index is 2.25. The number of hydrogen-bond donors (Lipinski definition) is 0. The van der Waals surface area contributed by atoms with Gasteiger partial charge in [0.2, 0.25) is 5.69 Å². The van der Waals surface area contributed by atoms with Crippen molar-refractivity contribution in [1.82, 2.24) is 0 Å². The van der Waals surface area contributed by atoms with Crippen molar-refractivity contribution in [3.63, 3.8) is 0 Å². The number of benzene rings is 2. The van der Waals surface area contributed by atoms with Crippen LogP contribution in [0.15, 0.2) is 48.7 Å². The summed E-state index contributed by atoms with van der Waals surface area (Å²) in [5.41, 5.74) is 6.51. The highest BCUT2D eigenvalue weighted by molar-refractivity contribution is 5.91. The molecule has 0 radical (unpaired) electrons. The van der Waals surface area contributed by atoms with Crippen molar-refractivity contribution in [3.05, 3.63) is 65.4 Å². The lowest BCUT2D eigenvalue weighted by Crippen LogP contribution is -2.31. The average Bonchev–Trinajstić information content (AvgIpc) is 2.40. The first-order valence-corrected chi connectivity index (χ1v) is 7.03. The molecule has 1 aromatic heterocycles. The number of rotatable bonds is 1. The van der Waals surface area contributed by atoms with Gasteiger partial charge in [0.15, 0.2) is 6.20 Å². The van der Waals surface area contributed by atoms with Gasteiger partial charge in [-0.1, -0.05) is 29.8 Å². The topological polar surface area (TPSA) is 3.88 Å². The molecule has 3 aromatic rings. The Kier molecular flexibility index (Phi) is 3.06. The third-order valence-corrected chi connectivity index (χ3v) is 4.00. The number of hydrogen-bond acceptors (Lipinski definition) is 0. The lowest BCUT2D eigenvalue weighted by Gasteiger charge is -2.09. The van der Waals surface area contributed by atoms with Gasteiger partial charge in [-0.25, -0.2) is 4.57 Å². The Bertz CT molecular complexity index is 800. The molecule has 3 rings (SSSR count). The molecular weight excluding hydrogens is 242 g/mol. The van der Waals surface area contributed by atoms with Crippen molar-refractivity contribution < 1.29 is 4.57 Å². The predicted molar refractivity (Wildman–Crippen MR) is 84.8 cm³/mol. The average molecular weight is 262 g/mol. The molecule has 20 heavy (non-hydrogen) atoms. The monoisotopic (exact) mass is 262 g/mol. The highest BCUT2D eigenvalue weighted by atomic mass is 14.9. The number of aryl methyl sites for hydroxylation is 4. The molecular formula is C19H20N+. The summed E-state index contributed by atoms with van der Waals surface area (Å²) in [6.07, 6.45) is 2.17. The Balaban J connectivity index is 2.27. The second-order valence-electron chi connectivity index (χ2n) is 5.67. The van der Waals surface area contributed by atoms with Gasteiger partial charge in [-0.05, 0) is 49.2 Å². The lowest BCUT2D eigenvalue weighted by molar-refractivity contribution is -0.660. The van der Waals surface area contributed by atoms with Gasteiger partial charge < -0.3 is 0 Å². The zero-order valence-electron chi connectivity index (χ0n) is 12.6. The summed E-state index contributed by atoms with van der Waals surface area (Å²) >= 11 is 0. The smallest absolute Gasteiger partial charge is 0.201 e. The molecule has 0 amide bonds. The van der Waals surface area contributed by atoms with Crippen molar-refractivity contribution >= 4 is 10.8 Å². The molecule has 0 saturated carbocycles. The van der Waals surface area contributed by atoms with E-state index >= 15 is 0 Å². The van der Waals surface area contributed by atoms with Crippen LogP contribution in [0.4, 0.5) is 0 Å². The molecule has 0 aliphatic heterocycles. The SMILES string of the molecule is Cc1ccc2c(C)c(-c3ccc(C)c[n+]3C)ccc2c1. The molecule has 0 aliphatic carbocycles. The van der Waals surface area contributed by atoms with Crippen LogP contribution in [0.3, 0.4) is 0 Å². The fourth-order valence-electron chi connectivity index (χ4n) is 2.91. The minimum Gasteiger partial charge on any atom is -0.201 e. The molecule has 0 bridgehead atoms. The van der Waals surface area contributed by atoms with Gasteiger partial charge in [0.1, 0.15) is 7.05 Å². The quantitative estimate of drug-likeness (QED) is 0.577.